The van der Waals surface area contributed by atoms with E-state index >= 15 is 0 Å². The van der Waals surface area contributed by atoms with Crippen molar-refractivity contribution in [2.75, 3.05) is 25.6 Å². The topological polar surface area (TPSA) is 44.5 Å². The monoisotopic (exact) mass is 213 g/mol. The smallest absolute Gasteiger partial charge is 0.142 e. The third-order valence-corrected chi connectivity index (χ3v) is 1.87. The summed E-state index contributed by atoms with van der Waals surface area (Å²) >= 11 is 0. The van der Waals surface area contributed by atoms with Crippen molar-refractivity contribution >= 4 is 5.69 Å². The van der Waals surface area contributed by atoms with E-state index < -0.39 is 0 Å². The van der Waals surface area contributed by atoms with Crippen molar-refractivity contribution in [2.45, 2.75) is 13.3 Å². The lowest BCUT2D eigenvalue weighted by atomic mass is 10.3. The summed E-state index contributed by atoms with van der Waals surface area (Å²) < 4.78 is 23.2. The van der Waals surface area contributed by atoms with Crippen molar-refractivity contribution in [3.8, 4) is 5.75 Å². The second kappa shape index (κ2) is 6.24. The molecule has 1 aromatic carbocycles. The first-order valence-corrected chi connectivity index (χ1v) is 4.99. The van der Waals surface area contributed by atoms with Gasteiger partial charge in [0.15, 0.2) is 0 Å². The number of nitrogen functional groups attached to an aromatic ring is 1. The normalized spacial score (nSPS) is 10.3. The second-order valence-electron chi connectivity index (χ2n) is 3.08. The van der Waals surface area contributed by atoms with Gasteiger partial charge >= 0.3 is 0 Å². The van der Waals surface area contributed by atoms with Gasteiger partial charge in [-0.15, -0.1) is 0 Å². The van der Waals surface area contributed by atoms with Gasteiger partial charge in [-0.2, -0.15) is 0 Å². The molecule has 1 rings (SSSR count). The molecular formula is C11H16FNO2. The lowest BCUT2D eigenvalue weighted by Gasteiger charge is -2.08. The zero-order valence-corrected chi connectivity index (χ0v) is 8.83. The Bertz CT molecular complexity index is 305. The maximum atomic E-state index is 12.7. The Morgan fingerprint density at radius 1 is 1.33 bits per heavy atom. The quantitative estimate of drug-likeness (QED) is 0.582. The summed E-state index contributed by atoms with van der Waals surface area (Å²) in [6.45, 7) is 3.84. The fourth-order valence-electron chi connectivity index (χ4n) is 1.14. The molecule has 0 aliphatic heterocycles. The number of nitrogens with two attached hydrogens (primary N) is 1. The predicted octanol–water partition coefficient (Wildman–Crippen LogP) is 2.21. The van der Waals surface area contributed by atoms with Crippen molar-refractivity contribution in [1.29, 1.82) is 0 Å². The molecule has 0 aliphatic rings. The van der Waals surface area contributed by atoms with Crippen LogP contribution in [-0.2, 0) is 4.74 Å². The van der Waals surface area contributed by atoms with Crippen LogP contribution in [0.2, 0.25) is 0 Å². The third-order valence-electron chi connectivity index (χ3n) is 1.87. The lowest BCUT2D eigenvalue weighted by Crippen LogP contribution is -2.04. The van der Waals surface area contributed by atoms with E-state index in [-0.39, 0.29) is 5.82 Å². The van der Waals surface area contributed by atoms with Gasteiger partial charge in [0.05, 0.1) is 12.3 Å². The predicted molar refractivity (Wildman–Crippen MR) is 57.4 cm³/mol. The molecule has 15 heavy (non-hydrogen) atoms. The molecule has 2 N–H and O–H groups in total. The van der Waals surface area contributed by atoms with Gasteiger partial charge in [-0.3, -0.25) is 0 Å². The molecule has 0 saturated carbocycles. The summed E-state index contributed by atoms with van der Waals surface area (Å²) in [7, 11) is 0. The molecule has 0 saturated heterocycles. The summed E-state index contributed by atoms with van der Waals surface area (Å²) in [6, 6.07) is 4.11. The molecule has 0 aliphatic carbocycles. The molecule has 0 bridgehead atoms. The number of hydrogen-bond acceptors (Lipinski definition) is 3. The minimum absolute atomic E-state index is 0.325. The SMILES string of the molecule is CCOCCCOc1ccc(F)cc1N. The Morgan fingerprint density at radius 2 is 2.13 bits per heavy atom. The van der Waals surface area contributed by atoms with Crippen molar-refractivity contribution in [3.63, 3.8) is 0 Å². The molecule has 0 aromatic heterocycles. The molecule has 0 radical (unpaired) electrons. The van der Waals surface area contributed by atoms with Gasteiger partial charge in [0, 0.05) is 25.7 Å². The number of benzene rings is 1. The summed E-state index contributed by atoms with van der Waals surface area (Å²) in [4.78, 5) is 0. The van der Waals surface area contributed by atoms with Crippen LogP contribution < -0.4 is 10.5 Å². The molecule has 0 heterocycles. The van der Waals surface area contributed by atoms with Gasteiger partial charge in [-0.25, -0.2) is 4.39 Å². The zero-order valence-electron chi connectivity index (χ0n) is 8.83. The van der Waals surface area contributed by atoms with Crippen LogP contribution in [0.3, 0.4) is 0 Å². The van der Waals surface area contributed by atoms with Crippen LogP contribution in [0.15, 0.2) is 18.2 Å². The van der Waals surface area contributed by atoms with Crippen LogP contribution in [-0.4, -0.2) is 19.8 Å². The van der Waals surface area contributed by atoms with Gasteiger partial charge < -0.3 is 15.2 Å². The Morgan fingerprint density at radius 3 is 2.80 bits per heavy atom. The molecule has 84 valence electrons. The average Bonchev–Trinajstić information content (AvgIpc) is 2.20. The lowest BCUT2D eigenvalue weighted by molar-refractivity contribution is 0.131. The summed E-state index contributed by atoms with van der Waals surface area (Å²) in [5.41, 5.74) is 5.89. The van der Waals surface area contributed by atoms with Crippen molar-refractivity contribution in [1.82, 2.24) is 0 Å². The number of rotatable bonds is 6. The highest BCUT2D eigenvalue weighted by Crippen LogP contribution is 2.21. The van der Waals surface area contributed by atoms with E-state index in [1.807, 2.05) is 6.92 Å². The van der Waals surface area contributed by atoms with Crippen molar-refractivity contribution < 1.29 is 13.9 Å². The number of halogens is 1. The van der Waals surface area contributed by atoms with E-state index in [9.17, 15) is 4.39 Å². The molecule has 0 fully saturated rings. The minimum atomic E-state index is -0.353. The first-order chi connectivity index (χ1) is 7.24. The van der Waals surface area contributed by atoms with E-state index in [0.29, 0.717) is 31.3 Å². The van der Waals surface area contributed by atoms with Crippen LogP contribution in [0.1, 0.15) is 13.3 Å². The van der Waals surface area contributed by atoms with Crippen LogP contribution in [0.25, 0.3) is 0 Å². The second-order valence-corrected chi connectivity index (χ2v) is 3.08. The summed E-state index contributed by atoms with van der Waals surface area (Å²) in [6.07, 6.45) is 0.796. The van der Waals surface area contributed by atoms with Gasteiger partial charge in [0.1, 0.15) is 11.6 Å². The molecular weight excluding hydrogens is 197 g/mol. The highest BCUT2D eigenvalue weighted by Gasteiger charge is 2.01. The van der Waals surface area contributed by atoms with E-state index in [2.05, 4.69) is 0 Å². The number of hydrogen-bond donors (Lipinski definition) is 1. The van der Waals surface area contributed by atoms with Gasteiger partial charge in [-0.1, -0.05) is 0 Å². The fraction of sp³-hybridized carbons (Fsp3) is 0.455. The highest BCUT2D eigenvalue weighted by molar-refractivity contribution is 5.52. The summed E-state index contributed by atoms with van der Waals surface area (Å²) in [5, 5.41) is 0. The Labute approximate surface area is 89.0 Å². The van der Waals surface area contributed by atoms with Crippen LogP contribution in [0.5, 0.6) is 5.75 Å². The standard InChI is InChI=1S/C11H16FNO2/c1-2-14-6-3-7-15-11-5-4-9(12)8-10(11)13/h4-5,8H,2-3,6-7,13H2,1H3. The Balaban J connectivity index is 2.31. The van der Waals surface area contributed by atoms with Gasteiger partial charge in [0.2, 0.25) is 0 Å². The van der Waals surface area contributed by atoms with Gasteiger partial charge in [0.25, 0.3) is 0 Å². The van der Waals surface area contributed by atoms with Crippen molar-refractivity contribution in [3.05, 3.63) is 24.0 Å². The molecule has 1 aromatic rings. The molecule has 0 atom stereocenters. The largest absolute Gasteiger partial charge is 0.491 e. The highest BCUT2D eigenvalue weighted by atomic mass is 19.1. The van der Waals surface area contributed by atoms with E-state index in [1.54, 1.807) is 0 Å². The zero-order chi connectivity index (χ0) is 11.1. The van der Waals surface area contributed by atoms with Crippen LogP contribution in [0, 0.1) is 5.82 Å². The molecule has 0 unspecified atom stereocenters. The summed E-state index contributed by atoms with van der Waals surface area (Å²) in [5.74, 6) is 0.169. The minimum Gasteiger partial charge on any atom is -0.491 e. The number of ether oxygens (including phenoxy) is 2. The molecule has 0 spiro atoms. The van der Waals surface area contributed by atoms with E-state index in [1.165, 1.54) is 18.2 Å². The Hall–Kier alpha value is -1.29. The maximum absolute atomic E-state index is 12.7. The number of anilines is 1. The molecule has 3 nitrogen and oxygen atoms in total. The van der Waals surface area contributed by atoms with Crippen LogP contribution >= 0.6 is 0 Å². The van der Waals surface area contributed by atoms with Crippen molar-refractivity contribution in [2.24, 2.45) is 0 Å². The first kappa shape index (κ1) is 11.8. The Kier molecular flexibility index (Phi) is 4.90. The average molecular weight is 213 g/mol. The maximum Gasteiger partial charge on any atom is 0.142 e. The van der Waals surface area contributed by atoms with E-state index in [0.717, 1.165) is 6.42 Å². The fourth-order valence-corrected chi connectivity index (χ4v) is 1.14. The van der Waals surface area contributed by atoms with E-state index in [4.69, 9.17) is 15.2 Å². The van der Waals surface area contributed by atoms with Crippen LogP contribution in [0.4, 0.5) is 10.1 Å². The first-order valence-electron chi connectivity index (χ1n) is 4.99. The molecule has 0 amide bonds. The van der Waals surface area contributed by atoms with Gasteiger partial charge in [-0.05, 0) is 19.1 Å². The third kappa shape index (κ3) is 4.16. The molecule has 4 heteroatoms.